The monoisotopic (exact) mass is 211 g/mol. The van der Waals surface area contributed by atoms with Crippen LogP contribution in [0.15, 0.2) is 4.42 Å². The Balaban J connectivity index is 2.46. The van der Waals surface area contributed by atoms with Crippen LogP contribution in [0.25, 0.3) is 10.8 Å². The van der Waals surface area contributed by atoms with Gasteiger partial charge in [-0.05, 0) is 17.5 Å². The summed E-state index contributed by atoms with van der Waals surface area (Å²) in [6, 6.07) is 0.0584. The van der Waals surface area contributed by atoms with Gasteiger partial charge in [0, 0.05) is 0 Å². The lowest BCUT2D eigenvalue weighted by Gasteiger charge is -1.98. The van der Waals surface area contributed by atoms with Crippen molar-refractivity contribution in [2.24, 2.45) is 0 Å². The predicted molar refractivity (Wildman–Crippen MR) is 51.7 cm³/mol. The predicted octanol–water partition coefficient (Wildman–Crippen LogP) is 1.29. The highest BCUT2D eigenvalue weighted by Gasteiger charge is 2.18. The van der Waals surface area contributed by atoms with Gasteiger partial charge in [-0.25, -0.2) is 0 Å². The van der Waals surface area contributed by atoms with Gasteiger partial charge in [-0.15, -0.1) is 10.2 Å². The minimum absolute atomic E-state index is 0.0584. The Kier molecular flexibility index (Phi) is 2.16. The molecule has 0 radical (unpaired) electrons. The van der Waals surface area contributed by atoms with Gasteiger partial charge in [0.15, 0.2) is 0 Å². The molecule has 2 rings (SSSR count). The molecule has 74 valence electrons. The Morgan fingerprint density at radius 3 is 2.64 bits per heavy atom. The molecule has 0 spiro atoms. The highest BCUT2D eigenvalue weighted by atomic mass is 32.1. The quantitative estimate of drug-likeness (QED) is 0.804. The van der Waals surface area contributed by atoms with Crippen LogP contribution in [0.5, 0.6) is 0 Å². The molecule has 0 aliphatic carbocycles. The van der Waals surface area contributed by atoms with Gasteiger partial charge in [0.05, 0.1) is 5.69 Å². The molecule has 2 N–H and O–H groups in total. The molecule has 0 saturated heterocycles. The van der Waals surface area contributed by atoms with Crippen LogP contribution >= 0.6 is 11.5 Å². The van der Waals surface area contributed by atoms with E-state index in [-0.39, 0.29) is 11.9 Å². The summed E-state index contributed by atoms with van der Waals surface area (Å²) in [6.45, 7) is 4.06. The molecule has 0 bridgehead atoms. The molecule has 2 aromatic heterocycles. The summed E-state index contributed by atoms with van der Waals surface area (Å²) in [7, 11) is 0. The van der Waals surface area contributed by atoms with Crippen LogP contribution in [0.4, 0.5) is 6.01 Å². The Morgan fingerprint density at radius 1 is 1.29 bits per heavy atom. The number of nitrogens with zero attached hydrogens (tertiary/aromatic N) is 4. The summed E-state index contributed by atoms with van der Waals surface area (Å²) in [4.78, 5) is 0.796. The summed E-state index contributed by atoms with van der Waals surface area (Å²) in [5.41, 5.74) is 6.19. The third-order valence-electron chi connectivity index (χ3n) is 1.70. The van der Waals surface area contributed by atoms with Gasteiger partial charge in [0.2, 0.25) is 0 Å². The normalized spacial score (nSPS) is 11.1. The van der Waals surface area contributed by atoms with Crippen molar-refractivity contribution >= 4 is 17.5 Å². The molecule has 0 unspecified atom stereocenters. The van der Waals surface area contributed by atoms with E-state index in [4.69, 9.17) is 10.2 Å². The van der Waals surface area contributed by atoms with Crippen LogP contribution < -0.4 is 5.73 Å². The van der Waals surface area contributed by atoms with E-state index in [0.29, 0.717) is 5.89 Å². The van der Waals surface area contributed by atoms with Crippen molar-refractivity contribution in [3.8, 4) is 10.8 Å². The standard InChI is InChI=1S/C7H9N5OS/c1-3(2)4-5(14-12-9-4)6-10-11-7(8)13-6/h3H,1-2H3,(H2,8,11). The van der Waals surface area contributed by atoms with Crippen molar-refractivity contribution in [3.63, 3.8) is 0 Å². The number of hydrogen-bond acceptors (Lipinski definition) is 7. The van der Waals surface area contributed by atoms with Crippen LogP contribution in [-0.2, 0) is 0 Å². The van der Waals surface area contributed by atoms with Gasteiger partial charge in [-0.1, -0.05) is 23.4 Å². The van der Waals surface area contributed by atoms with Gasteiger partial charge >= 0.3 is 6.01 Å². The van der Waals surface area contributed by atoms with Crippen molar-refractivity contribution in [2.75, 3.05) is 5.73 Å². The summed E-state index contributed by atoms with van der Waals surface area (Å²) in [5, 5.41) is 11.4. The Morgan fingerprint density at radius 2 is 2.07 bits per heavy atom. The van der Waals surface area contributed by atoms with E-state index in [9.17, 15) is 0 Å². The molecular formula is C7H9N5OS. The first-order chi connectivity index (χ1) is 6.68. The second-order valence-corrected chi connectivity index (χ2v) is 3.84. The average Bonchev–Trinajstić information content (AvgIpc) is 2.70. The zero-order chi connectivity index (χ0) is 10.1. The molecule has 2 aromatic rings. The molecule has 7 heteroatoms. The molecule has 14 heavy (non-hydrogen) atoms. The highest BCUT2D eigenvalue weighted by Crippen LogP contribution is 2.29. The van der Waals surface area contributed by atoms with E-state index in [0.717, 1.165) is 10.6 Å². The number of aromatic nitrogens is 4. The van der Waals surface area contributed by atoms with E-state index in [1.54, 1.807) is 0 Å². The smallest absolute Gasteiger partial charge is 0.313 e. The van der Waals surface area contributed by atoms with Crippen molar-refractivity contribution in [3.05, 3.63) is 5.69 Å². The maximum Gasteiger partial charge on any atom is 0.313 e. The lowest BCUT2D eigenvalue weighted by atomic mass is 10.1. The fraction of sp³-hybridized carbons (Fsp3) is 0.429. The van der Waals surface area contributed by atoms with E-state index in [1.165, 1.54) is 11.5 Å². The third kappa shape index (κ3) is 1.46. The largest absolute Gasteiger partial charge is 0.403 e. The Hall–Kier alpha value is -1.50. The number of hydrogen-bond donors (Lipinski definition) is 1. The lowest BCUT2D eigenvalue weighted by molar-refractivity contribution is 0.590. The number of anilines is 1. The second kappa shape index (κ2) is 3.33. The maximum absolute atomic E-state index is 5.33. The first kappa shape index (κ1) is 9.07. The van der Waals surface area contributed by atoms with Gasteiger partial charge in [-0.3, -0.25) is 0 Å². The van der Waals surface area contributed by atoms with E-state index in [2.05, 4.69) is 19.8 Å². The zero-order valence-electron chi connectivity index (χ0n) is 7.76. The second-order valence-electron chi connectivity index (χ2n) is 3.09. The van der Waals surface area contributed by atoms with Crippen LogP contribution in [0.2, 0.25) is 0 Å². The molecule has 0 amide bonds. The van der Waals surface area contributed by atoms with Crippen LogP contribution in [0.1, 0.15) is 25.5 Å². The molecule has 0 saturated carbocycles. The molecule has 6 nitrogen and oxygen atoms in total. The summed E-state index contributed by atoms with van der Waals surface area (Å²) < 4.78 is 8.96. The fourth-order valence-electron chi connectivity index (χ4n) is 1.05. The topological polar surface area (TPSA) is 90.7 Å². The summed E-state index contributed by atoms with van der Waals surface area (Å²) >= 11 is 1.23. The Bertz CT molecular complexity index is 435. The zero-order valence-corrected chi connectivity index (χ0v) is 8.58. The number of nitrogen functional groups attached to an aromatic ring is 1. The number of rotatable bonds is 2. The first-order valence-electron chi connectivity index (χ1n) is 4.10. The Labute approximate surface area is 84.3 Å². The van der Waals surface area contributed by atoms with Crippen LogP contribution in [0.3, 0.4) is 0 Å². The molecule has 0 atom stereocenters. The molecule has 0 aromatic carbocycles. The summed E-state index contributed by atoms with van der Waals surface area (Å²) in [6.07, 6.45) is 0. The van der Waals surface area contributed by atoms with Gasteiger partial charge in [0.25, 0.3) is 5.89 Å². The maximum atomic E-state index is 5.33. The van der Waals surface area contributed by atoms with E-state index < -0.39 is 0 Å². The molecule has 0 fully saturated rings. The minimum atomic E-state index is 0.0584. The van der Waals surface area contributed by atoms with Crippen LogP contribution in [-0.4, -0.2) is 19.8 Å². The van der Waals surface area contributed by atoms with Gasteiger partial charge < -0.3 is 10.2 Å². The number of nitrogens with two attached hydrogens (primary N) is 1. The van der Waals surface area contributed by atoms with Crippen LogP contribution in [0, 0.1) is 0 Å². The van der Waals surface area contributed by atoms with Crippen molar-refractivity contribution < 1.29 is 4.42 Å². The van der Waals surface area contributed by atoms with E-state index >= 15 is 0 Å². The fourth-order valence-corrected chi connectivity index (χ4v) is 1.79. The lowest BCUT2D eigenvalue weighted by Crippen LogP contribution is -1.90. The van der Waals surface area contributed by atoms with Crippen molar-refractivity contribution in [2.45, 2.75) is 19.8 Å². The molecule has 2 heterocycles. The van der Waals surface area contributed by atoms with Gasteiger partial charge in [-0.2, -0.15) is 0 Å². The summed E-state index contributed by atoms with van der Waals surface area (Å²) in [5.74, 6) is 0.665. The third-order valence-corrected chi connectivity index (χ3v) is 2.42. The van der Waals surface area contributed by atoms with Crippen molar-refractivity contribution in [1.82, 2.24) is 19.8 Å². The first-order valence-corrected chi connectivity index (χ1v) is 4.87. The molecule has 0 aliphatic heterocycles. The molecular weight excluding hydrogens is 202 g/mol. The van der Waals surface area contributed by atoms with Crippen molar-refractivity contribution in [1.29, 1.82) is 0 Å². The molecule has 0 aliphatic rings. The van der Waals surface area contributed by atoms with Gasteiger partial charge in [0.1, 0.15) is 4.88 Å². The van der Waals surface area contributed by atoms with E-state index in [1.807, 2.05) is 13.8 Å². The average molecular weight is 211 g/mol. The SMILES string of the molecule is CC(C)c1nnsc1-c1nnc(N)o1. The highest BCUT2D eigenvalue weighted by molar-refractivity contribution is 7.09. The minimum Gasteiger partial charge on any atom is -0.403 e.